The Hall–Kier alpha value is -1.94. The highest BCUT2D eigenvalue weighted by atomic mass is 16.5. The van der Waals surface area contributed by atoms with Crippen molar-refractivity contribution in [3.05, 3.63) is 47.4 Å². The Labute approximate surface area is 120 Å². The van der Waals surface area contributed by atoms with E-state index in [1.165, 1.54) is 5.56 Å². The van der Waals surface area contributed by atoms with E-state index < -0.39 is 0 Å². The number of benzene rings is 1. The fourth-order valence-electron chi connectivity index (χ4n) is 2.19. The Morgan fingerprint density at radius 3 is 2.55 bits per heavy atom. The molecule has 0 spiro atoms. The zero-order valence-corrected chi connectivity index (χ0v) is 12.6. The van der Waals surface area contributed by atoms with Gasteiger partial charge in [-0.25, -0.2) is 0 Å². The van der Waals surface area contributed by atoms with Gasteiger partial charge in [0.2, 0.25) is 0 Å². The number of nitrogens with zero attached hydrogens (tertiary/aromatic N) is 1. The minimum absolute atomic E-state index is 0.747. The van der Waals surface area contributed by atoms with Crippen LogP contribution in [0.5, 0.6) is 5.75 Å². The van der Waals surface area contributed by atoms with E-state index >= 15 is 0 Å². The van der Waals surface area contributed by atoms with Crippen LogP contribution in [0.2, 0.25) is 0 Å². The van der Waals surface area contributed by atoms with E-state index in [2.05, 4.69) is 23.3 Å². The van der Waals surface area contributed by atoms with Crippen LogP contribution in [0.4, 0.5) is 5.69 Å². The number of hydrogen-bond acceptors (Lipinski definition) is 4. The zero-order chi connectivity index (χ0) is 14.5. The van der Waals surface area contributed by atoms with Crippen LogP contribution in [-0.4, -0.2) is 21.2 Å². The van der Waals surface area contributed by atoms with Crippen LogP contribution in [0.3, 0.4) is 0 Å². The molecule has 108 valence electrons. The summed E-state index contributed by atoms with van der Waals surface area (Å²) in [5.74, 6) is 2.83. The van der Waals surface area contributed by atoms with Crippen LogP contribution in [0.15, 0.2) is 34.7 Å². The second kappa shape index (κ2) is 6.48. The molecule has 1 heterocycles. The van der Waals surface area contributed by atoms with Crippen LogP contribution in [0, 0.1) is 6.92 Å². The van der Waals surface area contributed by atoms with Crippen molar-refractivity contribution in [3.63, 3.8) is 0 Å². The lowest BCUT2D eigenvalue weighted by atomic mass is 10.2. The van der Waals surface area contributed by atoms with Crippen LogP contribution in [-0.2, 0) is 13.1 Å². The van der Waals surface area contributed by atoms with E-state index in [9.17, 15) is 0 Å². The van der Waals surface area contributed by atoms with E-state index in [4.69, 9.17) is 9.15 Å². The third-order valence-corrected chi connectivity index (χ3v) is 3.35. The maximum absolute atomic E-state index is 5.80. The summed E-state index contributed by atoms with van der Waals surface area (Å²) in [6, 6.07) is 10.1. The van der Waals surface area contributed by atoms with Gasteiger partial charge in [-0.3, -0.25) is 0 Å². The van der Waals surface area contributed by atoms with Gasteiger partial charge in [0.1, 0.15) is 17.3 Å². The Morgan fingerprint density at radius 2 is 1.95 bits per heavy atom. The van der Waals surface area contributed by atoms with E-state index in [0.29, 0.717) is 0 Å². The molecule has 0 aliphatic rings. The standard InChI is InChI=1S/C16H22N2O2/c1-12-13(10-17-2)9-16(20-12)11-18(3)14-5-7-15(19-4)8-6-14/h5-9,17H,10-11H2,1-4H3. The fraction of sp³-hybridized carbons (Fsp3) is 0.375. The van der Waals surface area contributed by atoms with E-state index in [-0.39, 0.29) is 0 Å². The predicted molar refractivity (Wildman–Crippen MR) is 81.3 cm³/mol. The van der Waals surface area contributed by atoms with Gasteiger partial charge in [0.25, 0.3) is 0 Å². The molecule has 1 aromatic heterocycles. The fourth-order valence-corrected chi connectivity index (χ4v) is 2.19. The van der Waals surface area contributed by atoms with Gasteiger partial charge in [-0.1, -0.05) is 0 Å². The monoisotopic (exact) mass is 274 g/mol. The number of anilines is 1. The molecule has 20 heavy (non-hydrogen) atoms. The first-order valence-corrected chi connectivity index (χ1v) is 6.72. The molecule has 0 saturated carbocycles. The molecule has 4 nitrogen and oxygen atoms in total. The molecule has 0 fully saturated rings. The Kier molecular flexibility index (Phi) is 4.69. The molecule has 2 rings (SSSR count). The van der Waals surface area contributed by atoms with Gasteiger partial charge in [-0.05, 0) is 44.3 Å². The second-order valence-corrected chi connectivity index (χ2v) is 4.88. The smallest absolute Gasteiger partial charge is 0.123 e. The predicted octanol–water partition coefficient (Wildman–Crippen LogP) is 2.95. The molecule has 1 aromatic carbocycles. The Morgan fingerprint density at radius 1 is 1.25 bits per heavy atom. The highest BCUT2D eigenvalue weighted by Gasteiger charge is 2.09. The van der Waals surface area contributed by atoms with Crippen molar-refractivity contribution in [1.82, 2.24) is 5.32 Å². The maximum atomic E-state index is 5.80. The molecular formula is C16H22N2O2. The number of furan rings is 1. The highest BCUT2D eigenvalue weighted by molar-refractivity contribution is 5.48. The van der Waals surface area contributed by atoms with Gasteiger partial charge in [0, 0.05) is 24.8 Å². The lowest BCUT2D eigenvalue weighted by Crippen LogP contribution is -2.15. The average molecular weight is 274 g/mol. The van der Waals surface area contributed by atoms with Gasteiger partial charge in [-0.15, -0.1) is 0 Å². The van der Waals surface area contributed by atoms with Gasteiger partial charge in [0.05, 0.1) is 13.7 Å². The minimum Gasteiger partial charge on any atom is -0.497 e. The number of methoxy groups -OCH3 is 1. The van der Waals surface area contributed by atoms with Crippen LogP contribution < -0.4 is 15.0 Å². The van der Waals surface area contributed by atoms with Crippen LogP contribution >= 0.6 is 0 Å². The lowest BCUT2D eigenvalue weighted by molar-refractivity contribution is 0.415. The normalized spacial score (nSPS) is 10.6. The molecule has 4 heteroatoms. The van der Waals surface area contributed by atoms with Gasteiger partial charge < -0.3 is 19.4 Å². The minimum atomic E-state index is 0.747. The van der Waals surface area contributed by atoms with Crippen molar-refractivity contribution in [3.8, 4) is 5.75 Å². The summed E-state index contributed by atoms with van der Waals surface area (Å²) in [7, 11) is 5.67. The van der Waals surface area contributed by atoms with Crippen molar-refractivity contribution in [2.45, 2.75) is 20.0 Å². The third kappa shape index (κ3) is 3.33. The van der Waals surface area contributed by atoms with E-state index in [1.807, 2.05) is 38.2 Å². The largest absolute Gasteiger partial charge is 0.497 e. The quantitative estimate of drug-likeness (QED) is 0.879. The summed E-state index contributed by atoms with van der Waals surface area (Å²) in [4.78, 5) is 2.15. The Balaban J connectivity index is 2.06. The molecule has 0 aliphatic carbocycles. The second-order valence-electron chi connectivity index (χ2n) is 4.88. The van der Waals surface area contributed by atoms with Crippen molar-refractivity contribution in [2.24, 2.45) is 0 Å². The van der Waals surface area contributed by atoms with Crippen molar-refractivity contribution >= 4 is 5.69 Å². The summed E-state index contributed by atoms with van der Waals surface area (Å²) in [5, 5.41) is 3.15. The van der Waals surface area contributed by atoms with Gasteiger partial charge >= 0.3 is 0 Å². The van der Waals surface area contributed by atoms with E-state index in [0.717, 1.165) is 36.0 Å². The number of hydrogen-bond donors (Lipinski definition) is 1. The summed E-state index contributed by atoms with van der Waals surface area (Å²) in [5.41, 5.74) is 2.35. The van der Waals surface area contributed by atoms with Gasteiger partial charge in [-0.2, -0.15) is 0 Å². The zero-order valence-electron chi connectivity index (χ0n) is 12.6. The maximum Gasteiger partial charge on any atom is 0.123 e. The number of ether oxygens (including phenoxy) is 1. The molecule has 0 unspecified atom stereocenters. The van der Waals surface area contributed by atoms with Crippen molar-refractivity contribution < 1.29 is 9.15 Å². The van der Waals surface area contributed by atoms with Crippen LogP contribution in [0.1, 0.15) is 17.1 Å². The topological polar surface area (TPSA) is 37.6 Å². The van der Waals surface area contributed by atoms with E-state index in [1.54, 1.807) is 7.11 Å². The highest BCUT2D eigenvalue weighted by Crippen LogP contribution is 2.21. The average Bonchev–Trinajstić information content (AvgIpc) is 2.79. The number of rotatable bonds is 6. The molecule has 0 bridgehead atoms. The first-order chi connectivity index (χ1) is 9.63. The molecule has 0 aliphatic heterocycles. The van der Waals surface area contributed by atoms with Gasteiger partial charge in [0.15, 0.2) is 0 Å². The molecule has 0 radical (unpaired) electrons. The summed E-state index contributed by atoms with van der Waals surface area (Å²) >= 11 is 0. The molecular weight excluding hydrogens is 252 g/mol. The first kappa shape index (κ1) is 14.5. The summed E-state index contributed by atoms with van der Waals surface area (Å²) in [6.45, 7) is 3.59. The molecule has 0 atom stereocenters. The third-order valence-electron chi connectivity index (χ3n) is 3.35. The molecule has 0 saturated heterocycles. The molecule has 2 aromatic rings. The number of aryl methyl sites for hydroxylation is 1. The first-order valence-electron chi connectivity index (χ1n) is 6.72. The number of nitrogens with one attached hydrogen (secondary N) is 1. The lowest BCUT2D eigenvalue weighted by Gasteiger charge is -2.18. The van der Waals surface area contributed by atoms with Crippen molar-refractivity contribution in [2.75, 3.05) is 26.1 Å². The molecule has 1 N–H and O–H groups in total. The van der Waals surface area contributed by atoms with Crippen LogP contribution in [0.25, 0.3) is 0 Å². The molecule has 0 amide bonds. The SMILES string of the molecule is CNCc1cc(CN(C)c2ccc(OC)cc2)oc1C. The summed E-state index contributed by atoms with van der Waals surface area (Å²) in [6.07, 6.45) is 0. The summed E-state index contributed by atoms with van der Waals surface area (Å²) < 4.78 is 11.0. The Bertz CT molecular complexity index is 546. The van der Waals surface area contributed by atoms with Crippen molar-refractivity contribution in [1.29, 1.82) is 0 Å².